The van der Waals surface area contributed by atoms with E-state index in [0.29, 0.717) is 12.2 Å². The van der Waals surface area contributed by atoms with E-state index >= 15 is 0 Å². The summed E-state index contributed by atoms with van der Waals surface area (Å²) in [6, 6.07) is 1.86. The predicted molar refractivity (Wildman–Crippen MR) is 64.8 cm³/mol. The summed E-state index contributed by atoms with van der Waals surface area (Å²) < 4.78 is 5.42. The molecule has 1 fully saturated rings. The zero-order chi connectivity index (χ0) is 12.3. The maximum Gasteiger partial charge on any atom is 0.228 e. The van der Waals surface area contributed by atoms with E-state index < -0.39 is 0 Å². The van der Waals surface area contributed by atoms with E-state index in [1.165, 1.54) is 0 Å². The highest BCUT2D eigenvalue weighted by Crippen LogP contribution is 2.38. The molecule has 1 aliphatic carbocycles. The maximum absolute atomic E-state index is 11.8. The van der Waals surface area contributed by atoms with Crippen molar-refractivity contribution in [2.75, 3.05) is 12.4 Å². The lowest BCUT2D eigenvalue weighted by Gasteiger charge is -2.39. The molecule has 0 saturated heterocycles. The molecule has 0 bridgehead atoms. The topological polar surface area (TPSA) is 67.0 Å². The summed E-state index contributed by atoms with van der Waals surface area (Å²) in [5.74, 6) is 0.568. The number of hydrogen-bond donors (Lipinski definition) is 2. The Bertz CT molecular complexity index is 391. The van der Waals surface area contributed by atoms with Crippen LogP contribution in [-0.4, -0.2) is 28.8 Å². The van der Waals surface area contributed by atoms with Gasteiger partial charge in [0.15, 0.2) is 5.82 Å². The smallest absolute Gasteiger partial charge is 0.228 e. The number of rotatable bonds is 5. The van der Waals surface area contributed by atoms with E-state index in [1.54, 1.807) is 7.11 Å². The number of ether oxygens (including phenoxy) is 1. The first kappa shape index (κ1) is 12.1. The highest BCUT2D eigenvalue weighted by molar-refractivity contribution is 5.90. The lowest BCUT2D eigenvalue weighted by Crippen LogP contribution is -2.42. The second-order valence-corrected chi connectivity index (χ2v) is 4.60. The van der Waals surface area contributed by atoms with Gasteiger partial charge in [-0.3, -0.25) is 9.89 Å². The number of carbonyl (C=O) groups is 1. The van der Waals surface area contributed by atoms with Gasteiger partial charge in [0.05, 0.1) is 12.0 Å². The molecule has 1 amide bonds. The number of carbonyl (C=O) groups excluding carboxylic acids is 1. The molecule has 1 aliphatic rings. The Hall–Kier alpha value is -1.36. The highest BCUT2D eigenvalue weighted by atomic mass is 16.5. The van der Waals surface area contributed by atoms with E-state index in [9.17, 15) is 4.79 Å². The summed E-state index contributed by atoms with van der Waals surface area (Å²) in [5.41, 5.74) is 0.791. The van der Waals surface area contributed by atoms with Gasteiger partial charge in [0.25, 0.3) is 0 Å². The first-order valence-corrected chi connectivity index (χ1v) is 6.07. The fourth-order valence-electron chi connectivity index (χ4n) is 2.11. The molecule has 1 aromatic rings. The molecule has 17 heavy (non-hydrogen) atoms. The number of anilines is 1. The summed E-state index contributed by atoms with van der Waals surface area (Å²) in [6.45, 7) is 2.04. The molecule has 0 radical (unpaired) electrons. The van der Waals surface area contributed by atoms with Crippen LogP contribution in [0.2, 0.25) is 0 Å². The Morgan fingerprint density at radius 1 is 1.65 bits per heavy atom. The van der Waals surface area contributed by atoms with Gasteiger partial charge in [-0.15, -0.1) is 0 Å². The van der Waals surface area contributed by atoms with Gasteiger partial charge in [-0.05, 0) is 25.7 Å². The lowest BCUT2D eigenvalue weighted by atomic mass is 9.77. The summed E-state index contributed by atoms with van der Waals surface area (Å²) in [4.78, 5) is 11.8. The SMILES string of the molecule is CCc1cc(NC(=O)CC2(OC)CCC2)n[nH]1. The summed E-state index contributed by atoms with van der Waals surface area (Å²) >= 11 is 0. The Morgan fingerprint density at radius 2 is 2.41 bits per heavy atom. The van der Waals surface area contributed by atoms with Gasteiger partial charge in [0.1, 0.15) is 0 Å². The third-order valence-corrected chi connectivity index (χ3v) is 3.46. The van der Waals surface area contributed by atoms with Crippen LogP contribution in [0.1, 0.15) is 38.3 Å². The van der Waals surface area contributed by atoms with Crippen molar-refractivity contribution < 1.29 is 9.53 Å². The van der Waals surface area contributed by atoms with Crippen molar-refractivity contribution in [3.63, 3.8) is 0 Å². The normalized spacial score (nSPS) is 17.5. The van der Waals surface area contributed by atoms with E-state index in [4.69, 9.17) is 4.74 Å². The van der Waals surface area contributed by atoms with Gasteiger partial charge < -0.3 is 10.1 Å². The third-order valence-electron chi connectivity index (χ3n) is 3.46. The molecule has 1 heterocycles. The minimum Gasteiger partial charge on any atom is -0.378 e. The van der Waals surface area contributed by atoms with Crippen LogP contribution >= 0.6 is 0 Å². The molecule has 0 aromatic carbocycles. The second kappa shape index (κ2) is 4.87. The van der Waals surface area contributed by atoms with Crippen molar-refractivity contribution in [3.8, 4) is 0 Å². The minimum absolute atomic E-state index is 0.0271. The van der Waals surface area contributed by atoms with Gasteiger partial charge in [0, 0.05) is 18.9 Å². The number of H-pyrrole nitrogens is 1. The predicted octanol–water partition coefficient (Wildman–Crippen LogP) is 1.87. The molecule has 5 heteroatoms. The van der Waals surface area contributed by atoms with Gasteiger partial charge in [-0.25, -0.2) is 0 Å². The molecule has 1 aromatic heterocycles. The van der Waals surface area contributed by atoms with Gasteiger partial charge in [-0.1, -0.05) is 6.92 Å². The van der Waals surface area contributed by atoms with Crippen LogP contribution in [-0.2, 0) is 16.0 Å². The number of hydrogen-bond acceptors (Lipinski definition) is 3. The van der Waals surface area contributed by atoms with E-state index in [0.717, 1.165) is 31.4 Å². The van der Waals surface area contributed by atoms with E-state index in [2.05, 4.69) is 15.5 Å². The molecule has 1 saturated carbocycles. The van der Waals surface area contributed by atoms with Crippen LogP contribution in [0.3, 0.4) is 0 Å². The van der Waals surface area contributed by atoms with Crippen molar-refractivity contribution >= 4 is 11.7 Å². The summed E-state index contributed by atoms with van der Waals surface area (Å²) in [7, 11) is 1.68. The number of aromatic amines is 1. The average molecular weight is 237 g/mol. The Balaban J connectivity index is 1.88. The van der Waals surface area contributed by atoms with Crippen molar-refractivity contribution in [2.24, 2.45) is 0 Å². The Labute approximate surface area is 101 Å². The molecule has 2 rings (SSSR count). The van der Waals surface area contributed by atoms with Gasteiger partial charge in [0.2, 0.25) is 5.91 Å². The summed E-state index contributed by atoms with van der Waals surface area (Å²) in [5, 5.41) is 9.69. The molecule has 0 aliphatic heterocycles. The standard InChI is InChI=1S/C12H19N3O2/c1-3-9-7-10(15-14-9)13-11(16)8-12(17-2)5-4-6-12/h7H,3-6,8H2,1-2H3,(H2,13,14,15,16). The average Bonchev–Trinajstić information content (AvgIpc) is 2.71. The molecule has 94 valence electrons. The maximum atomic E-state index is 11.8. The van der Waals surface area contributed by atoms with Gasteiger partial charge >= 0.3 is 0 Å². The van der Waals surface area contributed by atoms with Crippen LogP contribution in [0.4, 0.5) is 5.82 Å². The van der Waals surface area contributed by atoms with Gasteiger partial charge in [-0.2, -0.15) is 5.10 Å². The fraction of sp³-hybridized carbons (Fsp3) is 0.667. The molecular formula is C12H19N3O2. The van der Waals surface area contributed by atoms with E-state index in [1.807, 2.05) is 13.0 Å². The van der Waals surface area contributed by atoms with Crippen LogP contribution in [0, 0.1) is 0 Å². The zero-order valence-electron chi connectivity index (χ0n) is 10.4. The van der Waals surface area contributed by atoms with Crippen LogP contribution in [0.5, 0.6) is 0 Å². The van der Waals surface area contributed by atoms with Crippen molar-refractivity contribution in [1.29, 1.82) is 0 Å². The molecule has 0 unspecified atom stereocenters. The zero-order valence-corrected chi connectivity index (χ0v) is 10.4. The molecule has 5 nitrogen and oxygen atoms in total. The van der Waals surface area contributed by atoms with Crippen LogP contribution in [0.15, 0.2) is 6.07 Å². The molecule has 0 atom stereocenters. The lowest BCUT2D eigenvalue weighted by molar-refractivity contribution is -0.129. The second-order valence-electron chi connectivity index (χ2n) is 4.60. The number of amides is 1. The van der Waals surface area contributed by atoms with E-state index in [-0.39, 0.29) is 11.5 Å². The first-order chi connectivity index (χ1) is 8.17. The summed E-state index contributed by atoms with van der Waals surface area (Å²) in [6.07, 6.45) is 4.38. The quantitative estimate of drug-likeness (QED) is 0.821. The molecule has 2 N–H and O–H groups in total. The number of methoxy groups -OCH3 is 1. The van der Waals surface area contributed by atoms with Crippen molar-refractivity contribution in [3.05, 3.63) is 11.8 Å². The number of nitrogens with one attached hydrogen (secondary N) is 2. The first-order valence-electron chi connectivity index (χ1n) is 6.07. The molecular weight excluding hydrogens is 218 g/mol. The third kappa shape index (κ3) is 2.66. The fourth-order valence-corrected chi connectivity index (χ4v) is 2.11. The monoisotopic (exact) mass is 237 g/mol. The minimum atomic E-state index is -0.228. The number of aromatic nitrogens is 2. The Kier molecular flexibility index (Phi) is 3.47. The number of nitrogens with zero attached hydrogens (tertiary/aromatic N) is 1. The van der Waals surface area contributed by atoms with Crippen LogP contribution in [0.25, 0.3) is 0 Å². The molecule has 0 spiro atoms. The van der Waals surface area contributed by atoms with Crippen LogP contribution < -0.4 is 5.32 Å². The Morgan fingerprint density at radius 3 is 2.88 bits per heavy atom. The van der Waals surface area contributed by atoms with Crippen molar-refractivity contribution in [1.82, 2.24) is 10.2 Å². The largest absolute Gasteiger partial charge is 0.378 e. The number of aryl methyl sites for hydroxylation is 1. The van der Waals surface area contributed by atoms with Crippen molar-refractivity contribution in [2.45, 2.75) is 44.6 Å². The highest BCUT2D eigenvalue weighted by Gasteiger charge is 2.39.